The number of ether oxygens (including phenoxy) is 1. The highest BCUT2D eigenvalue weighted by Gasteiger charge is 2.34. The van der Waals surface area contributed by atoms with Crippen molar-refractivity contribution in [3.8, 4) is 5.75 Å². The van der Waals surface area contributed by atoms with E-state index in [9.17, 15) is 14.4 Å². The van der Waals surface area contributed by atoms with Gasteiger partial charge in [0.15, 0.2) is 0 Å². The van der Waals surface area contributed by atoms with Gasteiger partial charge in [0.25, 0.3) is 11.8 Å². The first-order chi connectivity index (χ1) is 15.9. The Bertz CT molecular complexity index is 966. The maximum atomic E-state index is 12.9. The van der Waals surface area contributed by atoms with Crippen LogP contribution in [0.25, 0.3) is 0 Å². The Hall–Kier alpha value is -3.35. The van der Waals surface area contributed by atoms with Crippen molar-refractivity contribution in [1.82, 2.24) is 15.5 Å². The van der Waals surface area contributed by atoms with Gasteiger partial charge in [-0.05, 0) is 68.0 Å². The van der Waals surface area contributed by atoms with Crippen molar-refractivity contribution in [2.24, 2.45) is 5.92 Å². The van der Waals surface area contributed by atoms with Crippen LogP contribution in [-0.2, 0) is 4.79 Å². The highest BCUT2D eigenvalue weighted by atomic mass is 16.5. The van der Waals surface area contributed by atoms with Gasteiger partial charge in [-0.15, -0.1) is 0 Å². The van der Waals surface area contributed by atoms with Crippen molar-refractivity contribution < 1.29 is 19.1 Å². The second-order valence-corrected chi connectivity index (χ2v) is 8.42. The summed E-state index contributed by atoms with van der Waals surface area (Å²) in [6, 6.07) is 13.8. The van der Waals surface area contributed by atoms with Crippen LogP contribution in [0, 0.1) is 12.8 Å². The van der Waals surface area contributed by atoms with Crippen molar-refractivity contribution in [3.63, 3.8) is 0 Å². The van der Waals surface area contributed by atoms with Crippen LogP contribution in [0.2, 0.25) is 0 Å². The maximum Gasteiger partial charge on any atom is 0.253 e. The van der Waals surface area contributed by atoms with Gasteiger partial charge in [0.05, 0.1) is 7.11 Å². The Morgan fingerprint density at radius 2 is 1.73 bits per heavy atom. The number of amides is 3. The average Bonchev–Trinajstić information content (AvgIpc) is 2.85. The molecule has 1 heterocycles. The summed E-state index contributed by atoms with van der Waals surface area (Å²) in [7, 11) is 1.59. The molecule has 2 aromatic carbocycles. The summed E-state index contributed by atoms with van der Waals surface area (Å²) < 4.78 is 5.16. The molecule has 1 aliphatic heterocycles. The van der Waals surface area contributed by atoms with E-state index in [-0.39, 0.29) is 23.6 Å². The minimum absolute atomic E-state index is 0.0352. The molecule has 0 spiro atoms. The van der Waals surface area contributed by atoms with Gasteiger partial charge >= 0.3 is 0 Å². The highest BCUT2D eigenvalue weighted by molar-refractivity contribution is 5.98. The lowest BCUT2D eigenvalue weighted by Gasteiger charge is -2.36. The molecule has 1 fully saturated rings. The Morgan fingerprint density at radius 3 is 2.33 bits per heavy atom. The number of methoxy groups -OCH3 is 1. The fourth-order valence-electron chi connectivity index (χ4n) is 4.15. The fourth-order valence-corrected chi connectivity index (χ4v) is 4.15. The molecule has 0 saturated carbocycles. The van der Waals surface area contributed by atoms with Gasteiger partial charge in [0.1, 0.15) is 11.8 Å². The minimum atomic E-state index is -0.637. The standard InChI is InChI=1S/C26H33N3O4/c1-4-15-27-25(31)23(28-24(30)22-8-6-5-7-18(22)2)19-13-16-29(17-14-19)26(32)20-9-11-21(33-3)12-10-20/h5-12,19,23H,4,13-17H2,1-3H3,(H,27,31)(H,28,30)/t23-/m0/s1. The van der Waals surface area contributed by atoms with Gasteiger partial charge in [0.2, 0.25) is 5.91 Å². The van der Waals surface area contributed by atoms with E-state index in [4.69, 9.17) is 4.74 Å². The monoisotopic (exact) mass is 451 g/mol. The third-order valence-corrected chi connectivity index (χ3v) is 6.14. The van der Waals surface area contributed by atoms with Crippen LogP contribution in [-0.4, -0.2) is 55.4 Å². The van der Waals surface area contributed by atoms with Gasteiger partial charge in [-0.25, -0.2) is 0 Å². The Kier molecular flexibility index (Phi) is 8.46. The normalized spacial score (nSPS) is 14.9. The molecule has 1 atom stereocenters. The number of carbonyl (C=O) groups excluding carboxylic acids is 3. The molecule has 1 aliphatic rings. The van der Waals surface area contributed by atoms with E-state index < -0.39 is 6.04 Å². The van der Waals surface area contributed by atoms with Crippen LogP contribution in [0.5, 0.6) is 5.75 Å². The molecule has 33 heavy (non-hydrogen) atoms. The smallest absolute Gasteiger partial charge is 0.253 e. The molecule has 3 amide bonds. The second-order valence-electron chi connectivity index (χ2n) is 8.42. The molecule has 0 aromatic heterocycles. The van der Waals surface area contributed by atoms with E-state index in [1.165, 1.54) is 0 Å². The molecule has 0 radical (unpaired) electrons. The first kappa shape index (κ1) is 24.3. The van der Waals surface area contributed by atoms with Gasteiger partial charge in [-0.1, -0.05) is 25.1 Å². The van der Waals surface area contributed by atoms with Crippen molar-refractivity contribution >= 4 is 17.7 Å². The van der Waals surface area contributed by atoms with Crippen LogP contribution >= 0.6 is 0 Å². The zero-order chi connectivity index (χ0) is 23.8. The van der Waals surface area contributed by atoms with Crippen molar-refractivity contribution in [2.75, 3.05) is 26.7 Å². The number of carbonyl (C=O) groups is 3. The summed E-state index contributed by atoms with van der Waals surface area (Å²) in [5, 5.41) is 5.90. The van der Waals surface area contributed by atoms with Crippen LogP contribution in [0.3, 0.4) is 0 Å². The van der Waals surface area contributed by atoms with E-state index in [0.29, 0.717) is 49.4 Å². The summed E-state index contributed by atoms with van der Waals surface area (Å²) in [5.41, 5.74) is 2.04. The summed E-state index contributed by atoms with van der Waals surface area (Å²) in [6.07, 6.45) is 2.10. The minimum Gasteiger partial charge on any atom is -0.497 e. The number of hydrogen-bond acceptors (Lipinski definition) is 4. The van der Waals surface area contributed by atoms with Crippen molar-refractivity contribution in [2.45, 2.75) is 39.2 Å². The summed E-state index contributed by atoms with van der Waals surface area (Å²) in [5.74, 6) is 0.206. The number of benzene rings is 2. The van der Waals surface area contributed by atoms with E-state index in [2.05, 4.69) is 10.6 Å². The van der Waals surface area contributed by atoms with Gasteiger partial charge in [0, 0.05) is 30.8 Å². The zero-order valence-electron chi connectivity index (χ0n) is 19.6. The van der Waals surface area contributed by atoms with Gasteiger partial charge in [-0.2, -0.15) is 0 Å². The van der Waals surface area contributed by atoms with Crippen LogP contribution in [0.1, 0.15) is 52.5 Å². The molecule has 7 heteroatoms. The third-order valence-electron chi connectivity index (χ3n) is 6.14. The first-order valence-corrected chi connectivity index (χ1v) is 11.5. The maximum absolute atomic E-state index is 12.9. The van der Waals surface area contributed by atoms with E-state index in [0.717, 1.165) is 12.0 Å². The lowest BCUT2D eigenvalue weighted by atomic mass is 9.88. The topological polar surface area (TPSA) is 87.7 Å². The predicted octanol–water partition coefficient (Wildman–Crippen LogP) is 3.18. The molecular weight excluding hydrogens is 418 g/mol. The molecule has 2 aromatic rings. The SMILES string of the molecule is CCCNC(=O)[C@@H](NC(=O)c1ccccc1C)C1CCN(C(=O)c2ccc(OC)cc2)CC1. The predicted molar refractivity (Wildman–Crippen MR) is 127 cm³/mol. The first-order valence-electron chi connectivity index (χ1n) is 11.5. The number of likely N-dealkylation sites (tertiary alicyclic amines) is 1. The number of aryl methyl sites for hydroxylation is 1. The molecule has 1 saturated heterocycles. The Balaban J connectivity index is 1.67. The largest absolute Gasteiger partial charge is 0.497 e. The molecule has 176 valence electrons. The average molecular weight is 452 g/mol. The second kappa shape index (κ2) is 11.5. The lowest BCUT2D eigenvalue weighted by Crippen LogP contribution is -2.54. The number of nitrogens with zero attached hydrogens (tertiary/aromatic N) is 1. The summed E-state index contributed by atoms with van der Waals surface area (Å²) >= 11 is 0. The van der Waals surface area contributed by atoms with Gasteiger partial charge < -0.3 is 20.3 Å². The van der Waals surface area contributed by atoms with E-state index in [1.54, 1.807) is 37.4 Å². The van der Waals surface area contributed by atoms with Crippen molar-refractivity contribution in [3.05, 3.63) is 65.2 Å². The highest BCUT2D eigenvalue weighted by Crippen LogP contribution is 2.24. The van der Waals surface area contributed by atoms with E-state index in [1.807, 2.05) is 36.9 Å². The van der Waals surface area contributed by atoms with Crippen LogP contribution in [0.15, 0.2) is 48.5 Å². The molecule has 0 unspecified atom stereocenters. The number of nitrogens with one attached hydrogen (secondary N) is 2. The molecule has 2 N–H and O–H groups in total. The van der Waals surface area contributed by atoms with Crippen LogP contribution in [0.4, 0.5) is 0 Å². The van der Waals surface area contributed by atoms with E-state index >= 15 is 0 Å². The summed E-state index contributed by atoms with van der Waals surface area (Å²) in [4.78, 5) is 40.6. The van der Waals surface area contributed by atoms with Crippen LogP contribution < -0.4 is 15.4 Å². The van der Waals surface area contributed by atoms with Gasteiger partial charge in [-0.3, -0.25) is 14.4 Å². The molecule has 3 rings (SSSR count). The molecule has 0 bridgehead atoms. The number of rotatable bonds is 8. The molecule has 7 nitrogen and oxygen atoms in total. The summed E-state index contributed by atoms with van der Waals surface area (Å²) in [6.45, 7) is 5.50. The van der Waals surface area contributed by atoms with Crippen molar-refractivity contribution in [1.29, 1.82) is 0 Å². The number of hydrogen-bond donors (Lipinski definition) is 2. The molecule has 0 aliphatic carbocycles. The quantitative estimate of drug-likeness (QED) is 0.645. The molecular formula is C26H33N3O4. The zero-order valence-corrected chi connectivity index (χ0v) is 19.6. The lowest BCUT2D eigenvalue weighted by molar-refractivity contribution is -0.124. The fraction of sp³-hybridized carbons (Fsp3) is 0.423. The number of piperidine rings is 1. The Morgan fingerprint density at radius 1 is 1.06 bits per heavy atom. The third kappa shape index (κ3) is 6.12. The Labute approximate surface area is 195 Å².